The third-order valence-corrected chi connectivity index (χ3v) is 0. The Hall–Kier alpha value is 3.48. The maximum atomic E-state index is 7.88. The van der Waals surface area contributed by atoms with Gasteiger partial charge in [0.25, 0.3) is 0 Å². The van der Waals surface area contributed by atoms with Gasteiger partial charge in [0.15, 0.2) is 0 Å². The van der Waals surface area contributed by atoms with Gasteiger partial charge < -0.3 is 0 Å². The van der Waals surface area contributed by atoms with E-state index in [1.165, 1.54) is 0 Å². The first kappa shape index (κ1) is 23.6. The Morgan fingerprint density at radius 2 is 1.20 bits per heavy atom. The van der Waals surface area contributed by atoms with Crippen molar-refractivity contribution >= 4 is 45.5 Å². The first-order valence-corrected chi connectivity index (χ1v) is 0.532. The molecule has 1 nitrogen and oxygen atoms in total. The normalized spacial score (nSPS) is 1.20. The fourth-order valence-electron chi connectivity index (χ4n) is 0. The third kappa shape index (κ3) is 18.6. The predicted octanol–water partition coefficient (Wildman–Crippen LogP) is -0.505. The van der Waals surface area contributed by atoms with E-state index in [1.54, 1.807) is 0 Å². The fourth-order valence-corrected chi connectivity index (χ4v) is 0. The van der Waals surface area contributed by atoms with E-state index in [9.17, 15) is 0 Å². The topological polar surface area (TPSA) is 17.1 Å². The number of hydrogen-bond acceptors (Lipinski definition) is 1. The second kappa shape index (κ2) is 26.0. The van der Waals surface area contributed by atoms with Gasteiger partial charge in [0, 0.05) is 97.9 Å². The summed E-state index contributed by atoms with van der Waals surface area (Å²) in [6.07, 6.45) is 0. The fraction of sp³-hybridized carbons (Fsp3) is 0. The minimum absolute atomic E-state index is 0. The van der Waals surface area contributed by atoms with Crippen LogP contribution in [0.15, 0.2) is 0 Å². The zero-order valence-corrected chi connectivity index (χ0v) is 11.5. The van der Waals surface area contributed by atoms with E-state index < -0.39 is 0 Å². The van der Waals surface area contributed by atoms with Gasteiger partial charge in [0.05, 0.1) is 0 Å². The summed E-state index contributed by atoms with van der Waals surface area (Å²) in [4.78, 5) is 0. The van der Waals surface area contributed by atoms with Crippen molar-refractivity contribution in [1.29, 1.82) is 0 Å². The van der Waals surface area contributed by atoms with Crippen molar-refractivity contribution < 1.29 is 71.7 Å². The van der Waals surface area contributed by atoms with Crippen molar-refractivity contribution in [3.63, 3.8) is 0 Å². The van der Waals surface area contributed by atoms with Gasteiger partial charge in [0.1, 0.15) is 0 Å². The van der Waals surface area contributed by atoms with Crippen molar-refractivity contribution in [2.75, 3.05) is 0 Å². The molecule has 5 heavy (non-hydrogen) atoms. The van der Waals surface area contributed by atoms with E-state index in [4.69, 9.17) is 3.90 Å². The van der Waals surface area contributed by atoms with E-state index in [0.29, 0.717) is 0 Å². The molecule has 0 spiro atoms. The van der Waals surface area contributed by atoms with Gasteiger partial charge in [-0.1, -0.05) is 0 Å². The standard InChI is InChI=1S/Co.La.Ni.O.Sr. The van der Waals surface area contributed by atoms with E-state index in [-0.39, 0.29) is 97.9 Å². The quantitative estimate of drug-likeness (QED) is 0.533. The minimum Gasteiger partial charge on any atom is 0 e. The molecule has 0 unspecified atom stereocenters. The van der Waals surface area contributed by atoms with Gasteiger partial charge in [-0.15, -0.1) is 0 Å². The molecule has 0 saturated carbocycles. The molecule has 0 atom stereocenters. The van der Waals surface area contributed by atoms with Gasteiger partial charge in [-0.05, 0) is 0 Å². The van der Waals surface area contributed by atoms with Gasteiger partial charge in [-0.3, -0.25) is 0 Å². The van der Waals surface area contributed by atoms with Crippen LogP contribution in [0.3, 0.4) is 0 Å². The first-order valence-electron chi connectivity index (χ1n) is 0.129. The largest absolute Gasteiger partial charge is 0 e. The summed E-state index contributed by atoms with van der Waals surface area (Å²) < 4.78 is 7.88. The Morgan fingerprint density at radius 1 is 1.20 bits per heavy atom. The van der Waals surface area contributed by atoms with Crippen LogP contribution in [0.4, 0.5) is 0 Å². The molecule has 4 radical (unpaired) electrons. The SMILES string of the molecule is [Co].[La].[O]=[Ni].[Sr]. The van der Waals surface area contributed by atoms with Crippen LogP contribution >= 0.6 is 0 Å². The van der Waals surface area contributed by atoms with Crippen LogP contribution in [0.5, 0.6) is 0 Å². The van der Waals surface area contributed by atoms with E-state index >= 15 is 0 Å². The van der Waals surface area contributed by atoms with Crippen LogP contribution < -0.4 is 0 Å². The molecule has 0 N–H and O–H groups in total. The Kier molecular flexibility index (Phi) is 123. The van der Waals surface area contributed by atoms with Crippen LogP contribution in [0, 0.1) is 35.6 Å². The first-order chi connectivity index (χ1) is 1.00. The molecule has 0 rings (SSSR count). The molecule has 0 aliphatic rings. The number of hydrogen-bond donors (Lipinski definition) is 0. The van der Waals surface area contributed by atoms with Crippen molar-refractivity contribution in [2.24, 2.45) is 0 Å². The third-order valence-electron chi connectivity index (χ3n) is 0. The summed E-state index contributed by atoms with van der Waals surface area (Å²) >= 11 is 2.62. The monoisotopic (exact) mass is 360 g/mol. The molecule has 0 heterocycles. The molecule has 5 heteroatoms. The second-order valence-corrected chi connectivity index (χ2v) is 0. The van der Waals surface area contributed by atoms with Crippen molar-refractivity contribution in [3.8, 4) is 0 Å². The van der Waals surface area contributed by atoms with Gasteiger partial charge in [-0.25, -0.2) is 0 Å². The average Bonchev–Trinajstić information content (AvgIpc) is 1.00. The molecule has 0 fully saturated rings. The van der Waals surface area contributed by atoms with Crippen LogP contribution in [0.1, 0.15) is 0 Å². The summed E-state index contributed by atoms with van der Waals surface area (Å²) in [6.45, 7) is 0. The van der Waals surface area contributed by atoms with Crippen molar-refractivity contribution in [1.82, 2.24) is 0 Å². The molecule has 0 aliphatic heterocycles. The predicted molar refractivity (Wildman–Crippen MR) is 6.44 cm³/mol. The van der Waals surface area contributed by atoms with Gasteiger partial charge >= 0.3 is 19.3 Å². The molecule has 30 valence electrons. The Labute approximate surface area is 114 Å². The summed E-state index contributed by atoms with van der Waals surface area (Å²) in [5, 5.41) is 0. The van der Waals surface area contributed by atoms with E-state index in [1.807, 2.05) is 0 Å². The molecule has 0 aromatic carbocycles. The minimum atomic E-state index is 0. The van der Waals surface area contributed by atoms with Crippen LogP contribution in [0.25, 0.3) is 0 Å². The molecular weight excluding hydrogens is 360 g/mol. The average molecular weight is 360 g/mol. The molecule has 0 bridgehead atoms. The van der Waals surface area contributed by atoms with Crippen molar-refractivity contribution in [2.45, 2.75) is 0 Å². The molecule has 0 aromatic rings. The maximum Gasteiger partial charge on any atom is 0 e. The zero-order chi connectivity index (χ0) is 2.00. The summed E-state index contributed by atoms with van der Waals surface area (Å²) in [7, 11) is 0. The maximum absolute atomic E-state index is 7.88. The molecule has 0 amide bonds. The van der Waals surface area contributed by atoms with Gasteiger partial charge in [-0.2, -0.15) is 0 Å². The molecule has 0 aliphatic carbocycles. The molecular formula is CoLaNiOSr. The van der Waals surface area contributed by atoms with Gasteiger partial charge in [0.2, 0.25) is 0 Å². The van der Waals surface area contributed by atoms with E-state index in [0.717, 1.165) is 0 Å². The van der Waals surface area contributed by atoms with Crippen LogP contribution in [-0.4, -0.2) is 45.5 Å². The summed E-state index contributed by atoms with van der Waals surface area (Å²) in [5.74, 6) is 0. The van der Waals surface area contributed by atoms with Crippen LogP contribution in [0.2, 0.25) is 0 Å². The molecule has 0 aromatic heterocycles. The Morgan fingerprint density at radius 3 is 1.20 bits per heavy atom. The number of rotatable bonds is 0. The smallest absolute Gasteiger partial charge is 0 e. The summed E-state index contributed by atoms with van der Waals surface area (Å²) in [6, 6.07) is 0. The molecule has 0 saturated heterocycles. The Bertz CT molecular complexity index is 11.6. The zero-order valence-electron chi connectivity index (χ0n) is 2.34. The van der Waals surface area contributed by atoms with E-state index in [2.05, 4.69) is 15.4 Å². The van der Waals surface area contributed by atoms with Crippen molar-refractivity contribution in [3.05, 3.63) is 0 Å². The second-order valence-electron chi connectivity index (χ2n) is 0. The Balaban J connectivity index is -0.00000000167. The van der Waals surface area contributed by atoms with Crippen LogP contribution in [-0.2, 0) is 36.1 Å². The summed E-state index contributed by atoms with van der Waals surface area (Å²) in [5.41, 5.74) is 0.